The Kier molecular flexibility index (Phi) is 5.01. The molecule has 5 aliphatic carbocycles. The van der Waals surface area contributed by atoms with Gasteiger partial charge in [0.05, 0.1) is 12.0 Å². The highest BCUT2D eigenvalue weighted by Gasteiger charge is 2.69. The minimum Gasteiger partial charge on any atom is -0.461 e. The molecule has 4 saturated carbocycles. The third-order valence-electron chi connectivity index (χ3n) is 9.90. The summed E-state index contributed by atoms with van der Waals surface area (Å²) >= 11 is 0. The molecule has 7 nitrogen and oxygen atoms in total. The first-order chi connectivity index (χ1) is 15.1. The summed E-state index contributed by atoms with van der Waals surface area (Å²) in [6.45, 7) is 3.19. The molecule has 8 atom stereocenters. The molecule has 5 rings (SSSR count). The maximum absolute atomic E-state index is 12.6. The van der Waals surface area contributed by atoms with Crippen LogP contribution in [0.1, 0.15) is 65.2 Å². The Hall–Kier alpha value is -1.57. The Morgan fingerprint density at radius 2 is 1.91 bits per heavy atom. The van der Waals surface area contributed by atoms with Crippen molar-refractivity contribution >= 4 is 17.5 Å². The van der Waals surface area contributed by atoms with Gasteiger partial charge in [0.25, 0.3) is 0 Å². The van der Waals surface area contributed by atoms with Crippen molar-refractivity contribution in [3.05, 3.63) is 11.6 Å². The number of carbonyl (C=O) groups excluding carboxylic acids is 3. The summed E-state index contributed by atoms with van der Waals surface area (Å²) in [6.07, 6.45) is 4.64. The van der Waals surface area contributed by atoms with Gasteiger partial charge in [-0.2, -0.15) is 0 Å². The Labute approximate surface area is 188 Å². The molecule has 5 aliphatic rings. The van der Waals surface area contributed by atoms with Gasteiger partial charge in [-0.1, -0.05) is 19.4 Å². The van der Waals surface area contributed by atoms with E-state index < -0.39 is 41.0 Å². The molecule has 0 aromatic carbocycles. The molecule has 0 spiro atoms. The zero-order valence-corrected chi connectivity index (χ0v) is 18.9. The van der Waals surface area contributed by atoms with Crippen molar-refractivity contribution < 1.29 is 34.4 Å². The normalized spacial score (nSPS) is 47.7. The number of ether oxygens (including phenoxy) is 1. The highest BCUT2D eigenvalue weighted by atomic mass is 16.5. The van der Waals surface area contributed by atoms with Crippen LogP contribution in [0.25, 0.3) is 0 Å². The van der Waals surface area contributed by atoms with Gasteiger partial charge in [-0.15, -0.1) is 0 Å². The number of hydrogen-bond acceptors (Lipinski definition) is 7. The number of aliphatic hydroxyl groups is 3. The average Bonchev–Trinajstić information content (AvgIpc) is 3.54. The third kappa shape index (κ3) is 2.86. The zero-order valence-electron chi connectivity index (χ0n) is 18.9. The van der Waals surface area contributed by atoms with Crippen LogP contribution in [-0.2, 0) is 19.1 Å². The van der Waals surface area contributed by atoms with Crippen molar-refractivity contribution in [3.63, 3.8) is 0 Å². The van der Waals surface area contributed by atoms with Crippen LogP contribution < -0.4 is 0 Å². The number of Topliss-reactive ketones (excluding diaryl/α,β-unsaturated/α-hetero) is 1. The standard InChI is InChI=1S/C25H34O7/c1-23-11-18(28)21-16(17(23)7-8-25(23,31)19(29)12-26)6-5-14-9-15(27)10-20(24(14,21)2)32-22(30)13-3-4-13/h9,13,16-18,20-21,26,28,31H,3-8,10-12H2,1-2H3/t16-,17-,18-,20?,21+,23-,24+,25-/m0/s1. The molecule has 0 heterocycles. The molecule has 176 valence electrons. The number of aliphatic hydroxyl groups excluding tert-OH is 2. The predicted molar refractivity (Wildman–Crippen MR) is 113 cm³/mol. The summed E-state index contributed by atoms with van der Waals surface area (Å²) in [5.74, 6) is -1.12. The summed E-state index contributed by atoms with van der Waals surface area (Å²) < 4.78 is 5.94. The monoisotopic (exact) mass is 446 g/mol. The molecule has 0 aliphatic heterocycles. The first-order valence-electron chi connectivity index (χ1n) is 12.0. The van der Waals surface area contributed by atoms with E-state index in [-0.39, 0.29) is 54.7 Å². The van der Waals surface area contributed by atoms with Crippen LogP contribution in [0.3, 0.4) is 0 Å². The fourth-order valence-corrected chi connectivity index (χ4v) is 8.02. The van der Waals surface area contributed by atoms with Crippen LogP contribution in [0.4, 0.5) is 0 Å². The Balaban J connectivity index is 1.52. The van der Waals surface area contributed by atoms with E-state index in [0.29, 0.717) is 12.8 Å². The molecule has 0 aromatic heterocycles. The van der Waals surface area contributed by atoms with E-state index in [0.717, 1.165) is 24.8 Å². The largest absolute Gasteiger partial charge is 0.461 e. The number of hydrogen-bond donors (Lipinski definition) is 3. The minimum atomic E-state index is -1.64. The second-order valence-corrected chi connectivity index (χ2v) is 11.3. The van der Waals surface area contributed by atoms with Crippen molar-refractivity contribution in [1.29, 1.82) is 0 Å². The molecule has 0 bridgehead atoms. The topological polar surface area (TPSA) is 121 Å². The molecule has 0 aromatic rings. The molecule has 4 fully saturated rings. The summed E-state index contributed by atoms with van der Waals surface area (Å²) in [6, 6.07) is 0. The van der Waals surface area contributed by atoms with Gasteiger partial charge < -0.3 is 20.1 Å². The third-order valence-corrected chi connectivity index (χ3v) is 9.90. The molecule has 7 heteroatoms. The summed E-state index contributed by atoms with van der Waals surface area (Å²) in [7, 11) is 0. The van der Waals surface area contributed by atoms with Crippen molar-refractivity contribution in [2.45, 2.75) is 83.0 Å². The Morgan fingerprint density at radius 1 is 1.19 bits per heavy atom. The summed E-state index contributed by atoms with van der Waals surface area (Å²) in [5, 5.41) is 32.3. The van der Waals surface area contributed by atoms with Crippen LogP contribution in [0.5, 0.6) is 0 Å². The molecule has 1 unspecified atom stereocenters. The molecule has 3 N–H and O–H groups in total. The maximum Gasteiger partial charge on any atom is 0.309 e. The van der Waals surface area contributed by atoms with Gasteiger partial charge in [-0.25, -0.2) is 0 Å². The van der Waals surface area contributed by atoms with Crippen LogP contribution in [0.2, 0.25) is 0 Å². The first kappa shape index (κ1) is 22.2. The second kappa shape index (κ2) is 7.21. The molecule has 0 radical (unpaired) electrons. The predicted octanol–water partition coefficient (Wildman–Crippen LogP) is 1.71. The van der Waals surface area contributed by atoms with E-state index in [4.69, 9.17) is 4.74 Å². The fraction of sp³-hybridized carbons (Fsp3) is 0.800. The zero-order chi connectivity index (χ0) is 23.1. The quantitative estimate of drug-likeness (QED) is 0.562. The van der Waals surface area contributed by atoms with Gasteiger partial charge in [0, 0.05) is 23.2 Å². The SMILES string of the molecule is C[C@]12C[C@H](O)[C@H]3[C@@H](CCC4=CC(=O)CC(OC(=O)C5CC5)[C@@]43C)[C@@H]1CC[C@]2(O)C(=O)CO. The Morgan fingerprint density at radius 3 is 2.56 bits per heavy atom. The van der Waals surface area contributed by atoms with E-state index in [2.05, 4.69) is 0 Å². The van der Waals surface area contributed by atoms with Gasteiger partial charge in [0.1, 0.15) is 18.3 Å². The molecular formula is C25H34O7. The summed E-state index contributed by atoms with van der Waals surface area (Å²) in [5.41, 5.74) is -2.17. The van der Waals surface area contributed by atoms with E-state index in [9.17, 15) is 29.7 Å². The van der Waals surface area contributed by atoms with Crippen LogP contribution in [-0.4, -0.2) is 57.3 Å². The van der Waals surface area contributed by atoms with Crippen LogP contribution >= 0.6 is 0 Å². The summed E-state index contributed by atoms with van der Waals surface area (Å²) in [4.78, 5) is 37.6. The van der Waals surface area contributed by atoms with E-state index in [1.807, 2.05) is 13.8 Å². The second-order valence-electron chi connectivity index (χ2n) is 11.3. The van der Waals surface area contributed by atoms with E-state index in [1.165, 1.54) is 0 Å². The van der Waals surface area contributed by atoms with Crippen molar-refractivity contribution in [3.8, 4) is 0 Å². The minimum absolute atomic E-state index is 0.00665. The lowest BCUT2D eigenvalue weighted by molar-refractivity contribution is -0.198. The van der Waals surface area contributed by atoms with E-state index >= 15 is 0 Å². The van der Waals surface area contributed by atoms with Crippen molar-refractivity contribution in [1.82, 2.24) is 0 Å². The number of rotatable bonds is 4. The molecular weight excluding hydrogens is 412 g/mol. The van der Waals surface area contributed by atoms with Gasteiger partial charge >= 0.3 is 5.97 Å². The first-order valence-corrected chi connectivity index (χ1v) is 12.0. The van der Waals surface area contributed by atoms with Crippen molar-refractivity contribution in [2.75, 3.05) is 6.61 Å². The maximum atomic E-state index is 12.6. The lowest BCUT2D eigenvalue weighted by Crippen LogP contribution is -2.64. The fourth-order valence-electron chi connectivity index (χ4n) is 8.02. The Bertz CT molecular complexity index is 891. The van der Waals surface area contributed by atoms with E-state index in [1.54, 1.807) is 6.08 Å². The number of carbonyl (C=O) groups is 3. The average molecular weight is 447 g/mol. The number of esters is 1. The highest BCUT2D eigenvalue weighted by molar-refractivity contribution is 5.93. The molecule has 0 amide bonds. The van der Waals surface area contributed by atoms with Crippen LogP contribution in [0.15, 0.2) is 11.6 Å². The number of ketones is 2. The number of fused-ring (bicyclic) bond motifs is 5. The van der Waals surface area contributed by atoms with Gasteiger partial charge in [-0.3, -0.25) is 14.4 Å². The van der Waals surface area contributed by atoms with Gasteiger partial charge in [0.15, 0.2) is 11.6 Å². The van der Waals surface area contributed by atoms with Crippen molar-refractivity contribution in [2.24, 2.45) is 34.5 Å². The molecule has 32 heavy (non-hydrogen) atoms. The smallest absolute Gasteiger partial charge is 0.309 e. The van der Waals surface area contributed by atoms with Crippen LogP contribution in [0, 0.1) is 34.5 Å². The van der Waals surface area contributed by atoms with Gasteiger partial charge in [-0.05, 0) is 62.9 Å². The highest BCUT2D eigenvalue weighted by Crippen LogP contribution is 2.68. The lowest BCUT2D eigenvalue weighted by Gasteiger charge is -2.61. The lowest BCUT2D eigenvalue weighted by atomic mass is 9.44. The molecule has 0 saturated heterocycles. The van der Waals surface area contributed by atoms with Gasteiger partial charge in [0.2, 0.25) is 0 Å².